The molecule has 1 unspecified atom stereocenters. The SMILES string of the molecule is Cc1nccc(CNC(=O)NC(C)(CO)C2CCCCC2)n1. The Morgan fingerprint density at radius 1 is 1.41 bits per heavy atom. The number of nitrogens with one attached hydrogen (secondary N) is 2. The van der Waals surface area contributed by atoms with E-state index in [2.05, 4.69) is 20.6 Å². The minimum Gasteiger partial charge on any atom is -0.394 e. The normalized spacial score (nSPS) is 18.5. The number of carbonyl (C=O) groups excluding carboxylic acids is 1. The second-order valence-corrected chi connectivity index (χ2v) is 6.31. The van der Waals surface area contributed by atoms with Gasteiger partial charge in [-0.25, -0.2) is 14.8 Å². The van der Waals surface area contributed by atoms with Crippen LogP contribution in [0.15, 0.2) is 12.3 Å². The molecular weight excluding hydrogens is 280 g/mol. The molecule has 0 radical (unpaired) electrons. The predicted octanol–water partition coefficient (Wildman–Crippen LogP) is 1.92. The third kappa shape index (κ3) is 4.40. The van der Waals surface area contributed by atoms with Crippen LogP contribution in [-0.2, 0) is 6.54 Å². The smallest absolute Gasteiger partial charge is 0.315 e. The van der Waals surface area contributed by atoms with Crippen LogP contribution in [0.1, 0.15) is 50.5 Å². The van der Waals surface area contributed by atoms with Gasteiger partial charge in [0.05, 0.1) is 24.4 Å². The largest absolute Gasteiger partial charge is 0.394 e. The van der Waals surface area contributed by atoms with Crippen LogP contribution >= 0.6 is 0 Å². The molecule has 1 aromatic rings. The highest BCUT2D eigenvalue weighted by Crippen LogP contribution is 2.32. The Labute approximate surface area is 131 Å². The van der Waals surface area contributed by atoms with E-state index in [9.17, 15) is 9.90 Å². The number of carbonyl (C=O) groups is 1. The van der Waals surface area contributed by atoms with Crippen LogP contribution < -0.4 is 10.6 Å². The van der Waals surface area contributed by atoms with E-state index in [4.69, 9.17) is 0 Å². The first-order chi connectivity index (χ1) is 10.5. The molecule has 1 saturated carbocycles. The van der Waals surface area contributed by atoms with Crippen LogP contribution in [-0.4, -0.2) is 33.3 Å². The molecule has 2 rings (SSSR count). The van der Waals surface area contributed by atoms with Crippen molar-refractivity contribution >= 4 is 6.03 Å². The second kappa shape index (κ2) is 7.54. The fourth-order valence-electron chi connectivity index (χ4n) is 3.09. The number of hydrogen-bond donors (Lipinski definition) is 3. The summed E-state index contributed by atoms with van der Waals surface area (Å²) < 4.78 is 0. The zero-order chi connectivity index (χ0) is 16.0. The van der Waals surface area contributed by atoms with E-state index in [0.29, 0.717) is 18.3 Å². The van der Waals surface area contributed by atoms with E-state index in [-0.39, 0.29) is 12.6 Å². The lowest BCUT2D eigenvalue weighted by Gasteiger charge is -2.39. The van der Waals surface area contributed by atoms with Gasteiger partial charge >= 0.3 is 6.03 Å². The Hall–Kier alpha value is -1.69. The summed E-state index contributed by atoms with van der Waals surface area (Å²) >= 11 is 0. The van der Waals surface area contributed by atoms with Crippen LogP contribution in [0.3, 0.4) is 0 Å². The van der Waals surface area contributed by atoms with Gasteiger partial charge in [0.1, 0.15) is 5.82 Å². The van der Waals surface area contributed by atoms with Crippen LogP contribution in [0, 0.1) is 12.8 Å². The lowest BCUT2D eigenvalue weighted by molar-refractivity contribution is 0.101. The number of nitrogens with zero attached hydrogens (tertiary/aromatic N) is 2. The number of aromatic nitrogens is 2. The molecule has 0 bridgehead atoms. The van der Waals surface area contributed by atoms with Gasteiger partial charge in [-0.05, 0) is 38.7 Å². The van der Waals surface area contributed by atoms with E-state index < -0.39 is 5.54 Å². The second-order valence-electron chi connectivity index (χ2n) is 6.31. The van der Waals surface area contributed by atoms with Crippen molar-refractivity contribution in [2.75, 3.05) is 6.61 Å². The molecule has 1 atom stereocenters. The number of aliphatic hydroxyl groups is 1. The summed E-state index contributed by atoms with van der Waals surface area (Å²) in [7, 11) is 0. The molecule has 0 aliphatic heterocycles. The van der Waals surface area contributed by atoms with Crippen molar-refractivity contribution in [3.63, 3.8) is 0 Å². The first-order valence-corrected chi connectivity index (χ1v) is 7.99. The Bertz CT molecular complexity index is 503. The zero-order valence-corrected chi connectivity index (χ0v) is 13.4. The van der Waals surface area contributed by atoms with E-state index in [1.165, 1.54) is 19.3 Å². The highest BCUT2D eigenvalue weighted by molar-refractivity contribution is 5.74. The standard InChI is InChI=1S/C16H26N4O2/c1-12-17-9-8-14(19-12)10-18-15(22)20-16(2,11-21)13-6-4-3-5-7-13/h8-9,13,21H,3-7,10-11H2,1-2H3,(H2,18,20,22). The highest BCUT2D eigenvalue weighted by atomic mass is 16.3. The minimum absolute atomic E-state index is 0.0439. The van der Waals surface area contributed by atoms with Gasteiger partial charge < -0.3 is 15.7 Å². The molecule has 0 aromatic carbocycles. The third-order valence-corrected chi connectivity index (χ3v) is 4.50. The monoisotopic (exact) mass is 306 g/mol. The summed E-state index contributed by atoms with van der Waals surface area (Å²) in [6.07, 6.45) is 7.38. The number of hydrogen-bond acceptors (Lipinski definition) is 4. The highest BCUT2D eigenvalue weighted by Gasteiger charge is 2.35. The molecule has 6 nitrogen and oxygen atoms in total. The number of rotatable bonds is 5. The number of urea groups is 1. The summed E-state index contributed by atoms with van der Waals surface area (Å²) in [5.74, 6) is 1.01. The molecular formula is C16H26N4O2. The molecule has 1 heterocycles. The van der Waals surface area contributed by atoms with Crippen molar-refractivity contribution in [3.8, 4) is 0 Å². The van der Waals surface area contributed by atoms with Crippen molar-refractivity contribution in [3.05, 3.63) is 23.8 Å². The lowest BCUT2D eigenvalue weighted by Crippen LogP contribution is -2.57. The Kier molecular flexibility index (Phi) is 5.71. The zero-order valence-electron chi connectivity index (χ0n) is 13.4. The Balaban J connectivity index is 1.88. The van der Waals surface area contributed by atoms with Gasteiger partial charge in [0.25, 0.3) is 0 Å². The maximum atomic E-state index is 12.1. The number of amides is 2. The van der Waals surface area contributed by atoms with Crippen molar-refractivity contribution in [1.29, 1.82) is 0 Å². The van der Waals surface area contributed by atoms with Gasteiger partial charge in [-0.15, -0.1) is 0 Å². The fraction of sp³-hybridized carbons (Fsp3) is 0.688. The molecule has 1 fully saturated rings. The van der Waals surface area contributed by atoms with E-state index >= 15 is 0 Å². The summed E-state index contributed by atoms with van der Waals surface area (Å²) in [5, 5.41) is 15.5. The maximum Gasteiger partial charge on any atom is 0.315 e. The van der Waals surface area contributed by atoms with Crippen LogP contribution in [0.25, 0.3) is 0 Å². The van der Waals surface area contributed by atoms with Crippen molar-refractivity contribution < 1.29 is 9.90 Å². The summed E-state index contributed by atoms with van der Waals surface area (Å²) in [6, 6.07) is 1.51. The Morgan fingerprint density at radius 2 is 2.14 bits per heavy atom. The summed E-state index contributed by atoms with van der Waals surface area (Å²) in [4.78, 5) is 20.4. The van der Waals surface area contributed by atoms with Gasteiger partial charge in [-0.3, -0.25) is 0 Å². The lowest BCUT2D eigenvalue weighted by atomic mass is 9.76. The van der Waals surface area contributed by atoms with Gasteiger partial charge in [-0.1, -0.05) is 19.3 Å². The minimum atomic E-state index is -0.563. The topological polar surface area (TPSA) is 87.1 Å². The molecule has 1 aliphatic carbocycles. The van der Waals surface area contributed by atoms with E-state index in [1.807, 2.05) is 13.8 Å². The molecule has 0 spiro atoms. The van der Waals surface area contributed by atoms with Crippen molar-refractivity contribution in [2.24, 2.45) is 5.92 Å². The molecule has 22 heavy (non-hydrogen) atoms. The Morgan fingerprint density at radius 3 is 2.77 bits per heavy atom. The van der Waals surface area contributed by atoms with Crippen molar-refractivity contribution in [2.45, 2.75) is 58.0 Å². The van der Waals surface area contributed by atoms with Gasteiger partial charge in [0.15, 0.2) is 0 Å². The molecule has 6 heteroatoms. The van der Waals surface area contributed by atoms with Crippen LogP contribution in [0.5, 0.6) is 0 Å². The fourth-order valence-corrected chi connectivity index (χ4v) is 3.09. The maximum absolute atomic E-state index is 12.1. The van der Waals surface area contributed by atoms with E-state index in [0.717, 1.165) is 18.5 Å². The van der Waals surface area contributed by atoms with Gasteiger partial charge in [0.2, 0.25) is 0 Å². The average molecular weight is 306 g/mol. The summed E-state index contributed by atoms with van der Waals surface area (Å²) in [6.45, 7) is 4.05. The molecule has 1 aromatic heterocycles. The molecule has 3 N–H and O–H groups in total. The molecule has 2 amide bonds. The first kappa shape index (κ1) is 16.7. The van der Waals surface area contributed by atoms with Gasteiger partial charge in [0, 0.05) is 6.20 Å². The van der Waals surface area contributed by atoms with Gasteiger partial charge in [-0.2, -0.15) is 0 Å². The third-order valence-electron chi connectivity index (χ3n) is 4.50. The van der Waals surface area contributed by atoms with Crippen LogP contribution in [0.4, 0.5) is 4.79 Å². The average Bonchev–Trinajstić information content (AvgIpc) is 2.54. The first-order valence-electron chi connectivity index (χ1n) is 7.99. The number of aliphatic hydroxyl groups excluding tert-OH is 1. The number of aryl methyl sites for hydroxylation is 1. The molecule has 0 saturated heterocycles. The van der Waals surface area contributed by atoms with E-state index in [1.54, 1.807) is 12.3 Å². The summed E-state index contributed by atoms with van der Waals surface area (Å²) in [5.41, 5.74) is 0.206. The van der Waals surface area contributed by atoms with Crippen molar-refractivity contribution in [1.82, 2.24) is 20.6 Å². The molecule has 122 valence electrons. The molecule has 1 aliphatic rings. The van der Waals surface area contributed by atoms with Crippen LogP contribution in [0.2, 0.25) is 0 Å². The quantitative estimate of drug-likeness (QED) is 0.775. The predicted molar refractivity (Wildman–Crippen MR) is 84.2 cm³/mol.